The smallest absolute Gasteiger partial charge is 0.243 e. The number of benzene rings is 1. The zero-order valence-corrected chi connectivity index (χ0v) is 15.4. The van der Waals surface area contributed by atoms with Crippen molar-refractivity contribution in [3.05, 3.63) is 30.3 Å². The maximum absolute atomic E-state index is 12.7. The Hall–Kier alpha value is -1.45. The zero-order chi connectivity index (χ0) is 18.1. The van der Waals surface area contributed by atoms with E-state index in [9.17, 15) is 21.6 Å². The van der Waals surface area contributed by atoms with Crippen molar-refractivity contribution in [2.24, 2.45) is 5.92 Å². The molecule has 2 aliphatic rings. The molecular formula is C16H22N2O5S2. The van der Waals surface area contributed by atoms with Gasteiger partial charge in [-0.05, 0) is 31.4 Å². The molecule has 0 bridgehead atoms. The van der Waals surface area contributed by atoms with E-state index in [1.807, 2.05) is 0 Å². The maximum Gasteiger partial charge on any atom is 0.243 e. The lowest BCUT2D eigenvalue weighted by Gasteiger charge is -2.31. The summed E-state index contributed by atoms with van der Waals surface area (Å²) in [5.74, 6) is -0.639. The lowest BCUT2D eigenvalue weighted by molar-refractivity contribution is -0.126. The van der Waals surface area contributed by atoms with Crippen LogP contribution < -0.4 is 5.32 Å². The van der Waals surface area contributed by atoms with Gasteiger partial charge in [-0.2, -0.15) is 4.31 Å². The van der Waals surface area contributed by atoms with Crippen LogP contribution in [0.5, 0.6) is 0 Å². The minimum Gasteiger partial charge on any atom is -0.352 e. The van der Waals surface area contributed by atoms with Crippen LogP contribution in [0.15, 0.2) is 35.2 Å². The van der Waals surface area contributed by atoms with Gasteiger partial charge in [0.25, 0.3) is 0 Å². The summed E-state index contributed by atoms with van der Waals surface area (Å²) in [7, 11) is -6.68. The third-order valence-electron chi connectivity index (χ3n) is 4.71. The van der Waals surface area contributed by atoms with E-state index >= 15 is 0 Å². The summed E-state index contributed by atoms with van der Waals surface area (Å²) in [6.45, 7) is 0.515. The number of piperidine rings is 1. The second kappa shape index (κ2) is 7.05. The number of hydrogen-bond acceptors (Lipinski definition) is 5. The molecule has 1 aromatic rings. The van der Waals surface area contributed by atoms with Crippen LogP contribution in [0.4, 0.5) is 0 Å². The van der Waals surface area contributed by atoms with Gasteiger partial charge < -0.3 is 5.32 Å². The van der Waals surface area contributed by atoms with Crippen LogP contribution in [0.1, 0.15) is 19.3 Å². The van der Waals surface area contributed by atoms with Crippen molar-refractivity contribution in [3.8, 4) is 0 Å². The summed E-state index contributed by atoms with van der Waals surface area (Å²) < 4.78 is 49.7. The summed E-state index contributed by atoms with van der Waals surface area (Å²) in [5.41, 5.74) is 0. The van der Waals surface area contributed by atoms with Crippen LogP contribution in [0.2, 0.25) is 0 Å². The molecule has 9 heteroatoms. The fraction of sp³-hybridized carbons (Fsp3) is 0.562. The van der Waals surface area contributed by atoms with E-state index in [1.165, 1.54) is 4.31 Å². The van der Waals surface area contributed by atoms with E-state index in [1.54, 1.807) is 30.3 Å². The predicted octanol–water partition coefficient (Wildman–Crippen LogP) is 0.391. The molecule has 0 aliphatic carbocycles. The van der Waals surface area contributed by atoms with E-state index in [4.69, 9.17) is 0 Å². The number of hydrogen-bond donors (Lipinski definition) is 1. The quantitative estimate of drug-likeness (QED) is 0.807. The highest BCUT2D eigenvalue weighted by molar-refractivity contribution is 7.91. The summed E-state index contributed by atoms with van der Waals surface area (Å²) in [4.78, 5) is 12.7. The molecule has 0 saturated carbocycles. The Morgan fingerprint density at radius 1 is 1.16 bits per heavy atom. The van der Waals surface area contributed by atoms with Crippen molar-refractivity contribution < 1.29 is 21.6 Å². The highest BCUT2D eigenvalue weighted by Gasteiger charge is 2.35. The molecule has 2 atom stereocenters. The van der Waals surface area contributed by atoms with E-state index in [-0.39, 0.29) is 34.9 Å². The standard InChI is InChI=1S/C16H22N2O5S2/c19-16(17-14-8-10-24(20,21)12-14)13-5-4-9-18(11-13)25(22,23)15-6-2-1-3-7-15/h1-3,6-7,13-14H,4-5,8-12H2,(H,17,19)/t13-,14+/m0/s1. The van der Waals surface area contributed by atoms with Gasteiger partial charge in [-0.3, -0.25) is 4.79 Å². The molecule has 0 unspecified atom stereocenters. The highest BCUT2D eigenvalue weighted by Crippen LogP contribution is 2.24. The Kier molecular flexibility index (Phi) is 5.17. The zero-order valence-electron chi connectivity index (χ0n) is 13.8. The van der Waals surface area contributed by atoms with Crippen LogP contribution in [0.25, 0.3) is 0 Å². The average molecular weight is 386 g/mol. The van der Waals surface area contributed by atoms with Gasteiger partial charge in [-0.25, -0.2) is 16.8 Å². The topological polar surface area (TPSA) is 101 Å². The summed E-state index contributed by atoms with van der Waals surface area (Å²) in [6.07, 6.45) is 1.63. The lowest BCUT2D eigenvalue weighted by atomic mass is 9.98. The molecule has 7 nitrogen and oxygen atoms in total. The molecule has 2 heterocycles. The Morgan fingerprint density at radius 3 is 2.52 bits per heavy atom. The molecule has 2 aliphatic heterocycles. The van der Waals surface area contributed by atoms with Gasteiger partial charge in [0.15, 0.2) is 9.84 Å². The summed E-state index contributed by atoms with van der Waals surface area (Å²) in [5, 5.41) is 2.78. The molecule has 1 amide bonds. The normalized spacial score (nSPS) is 27.0. The first kappa shape index (κ1) is 18.3. The summed E-state index contributed by atoms with van der Waals surface area (Å²) in [6, 6.07) is 7.81. The second-order valence-electron chi connectivity index (χ2n) is 6.62. The van der Waals surface area contributed by atoms with E-state index in [2.05, 4.69) is 5.32 Å². The van der Waals surface area contributed by atoms with Crippen LogP contribution in [-0.2, 0) is 24.7 Å². The van der Waals surface area contributed by atoms with Crippen LogP contribution in [0, 0.1) is 5.92 Å². The second-order valence-corrected chi connectivity index (χ2v) is 10.8. The molecule has 0 aromatic heterocycles. The number of amides is 1. The third kappa shape index (κ3) is 4.21. The number of sulfonamides is 1. The number of nitrogens with one attached hydrogen (secondary N) is 1. The molecule has 3 rings (SSSR count). The number of carbonyl (C=O) groups excluding carboxylic acids is 1. The highest BCUT2D eigenvalue weighted by atomic mass is 32.2. The largest absolute Gasteiger partial charge is 0.352 e. The van der Waals surface area contributed by atoms with Gasteiger partial charge in [-0.1, -0.05) is 18.2 Å². The molecule has 0 radical (unpaired) electrons. The molecule has 25 heavy (non-hydrogen) atoms. The minimum atomic E-state index is -3.62. The molecule has 1 aromatic carbocycles. The maximum atomic E-state index is 12.7. The van der Waals surface area contributed by atoms with Crippen molar-refractivity contribution in [1.29, 1.82) is 0 Å². The van der Waals surface area contributed by atoms with Crippen LogP contribution in [0.3, 0.4) is 0 Å². The van der Waals surface area contributed by atoms with Gasteiger partial charge >= 0.3 is 0 Å². The van der Waals surface area contributed by atoms with Gasteiger partial charge in [0, 0.05) is 19.1 Å². The van der Waals surface area contributed by atoms with Gasteiger partial charge in [-0.15, -0.1) is 0 Å². The van der Waals surface area contributed by atoms with Crippen molar-refractivity contribution in [2.45, 2.75) is 30.2 Å². The first-order chi connectivity index (χ1) is 11.8. The first-order valence-electron chi connectivity index (χ1n) is 8.34. The Bertz CT molecular complexity index is 837. The summed E-state index contributed by atoms with van der Waals surface area (Å²) >= 11 is 0. The molecule has 1 N–H and O–H groups in total. The van der Waals surface area contributed by atoms with Crippen molar-refractivity contribution in [3.63, 3.8) is 0 Å². The third-order valence-corrected chi connectivity index (χ3v) is 8.36. The number of rotatable bonds is 4. The lowest BCUT2D eigenvalue weighted by Crippen LogP contribution is -2.47. The number of nitrogens with zero attached hydrogens (tertiary/aromatic N) is 1. The number of carbonyl (C=O) groups is 1. The molecular weight excluding hydrogens is 364 g/mol. The molecule has 0 spiro atoms. The van der Waals surface area contributed by atoms with Crippen molar-refractivity contribution >= 4 is 25.8 Å². The van der Waals surface area contributed by atoms with Crippen LogP contribution >= 0.6 is 0 Å². The van der Waals surface area contributed by atoms with Gasteiger partial charge in [0.1, 0.15) is 0 Å². The van der Waals surface area contributed by atoms with Gasteiger partial charge in [0.2, 0.25) is 15.9 Å². The van der Waals surface area contributed by atoms with Crippen molar-refractivity contribution in [2.75, 3.05) is 24.6 Å². The molecule has 2 fully saturated rings. The number of sulfone groups is 1. The fourth-order valence-electron chi connectivity index (χ4n) is 3.34. The first-order valence-corrected chi connectivity index (χ1v) is 11.6. The van der Waals surface area contributed by atoms with Crippen molar-refractivity contribution in [1.82, 2.24) is 9.62 Å². The van der Waals surface area contributed by atoms with Gasteiger partial charge in [0.05, 0.1) is 22.3 Å². The molecule has 138 valence electrons. The average Bonchev–Trinajstić information content (AvgIpc) is 2.94. The minimum absolute atomic E-state index is 0.0303. The van der Waals surface area contributed by atoms with E-state index in [0.29, 0.717) is 25.8 Å². The predicted molar refractivity (Wildman–Crippen MR) is 93.1 cm³/mol. The van der Waals surface area contributed by atoms with E-state index in [0.717, 1.165) is 0 Å². The van der Waals surface area contributed by atoms with Crippen LogP contribution in [-0.4, -0.2) is 57.7 Å². The molecule has 2 saturated heterocycles. The fourth-order valence-corrected chi connectivity index (χ4v) is 6.56. The van der Waals surface area contributed by atoms with E-state index < -0.39 is 25.8 Å². The Labute approximate surface area is 148 Å². The SMILES string of the molecule is O=C(N[C@@H]1CCS(=O)(=O)C1)[C@H]1CCCN(S(=O)(=O)c2ccccc2)C1. The Balaban J connectivity index is 1.66. The Morgan fingerprint density at radius 2 is 1.88 bits per heavy atom. The monoisotopic (exact) mass is 386 g/mol.